The highest BCUT2D eigenvalue weighted by atomic mass is 79.9. The summed E-state index contributed by atoms with van der Waals surface area (Å²) in [6.45, 7) is -0.203. The average Bonchev–Trinajstić information content (AvgIpc) is 2.12. The van der Waals surface area contributed by atoms with Gasteiger partial charge >= 0.3 is 5.97 Å². The van der Waals surface area contributed by atoms with Gasteiger partial charge in [-0.05, 0) is 12.1 Å². The molecule has 4 nitrogen and oxygen atoms in total. The van der Waals surface area contributed by atoms with E-state index in [1.165, 1.54) is 12.1 Å². The lowest BCUT2D eigenvalue weighted by molar-refractivity contribution is -0.139. The Morgan fingerprint density at radius 1 is 1.60 bits per heavy atom. The monoisotopic (exact) mass is 277 g/mol. The van der Waals surface area contributed by atoms with Gasteiger partial charge in [-0.3, -0.25) is 4.79 Å². The van der Waals surface area contributed by atoms with Gasteiger partial charge in [0.25, 0.3) is 0 Å². The molecule has 1 atom stereocenters. The van der Waals surface area contributed by atoms with E-state index in [0.717, 1.165) is 6.07 Å². The van der Waals surface area contributed by atoms with Crippen LogP contribution >= 0.6 is 15.9 Å². The number of ether oxygens (including phenoxy) is 1. The number of carboxylic acids is 1. The summed E-state index contributed by atoms with van der Waals surface area (Å²) in [6.07, 6.45) is 0. The van der Waals surface area contributed by atoms with Crippen molar-refractivity contribution in [1.82, 2.24) is 0 Å². The second kappa shape index (κ2) is 5.09. The molecule has 0 bridgehead atoms. The fraction of sp³-hybridized carbons (Fsp3) is 0.222. The molecule has 1 aromatic carbocycles. The van der Waals surface area contributed by atoms with Gasteiger partial charge in [0.2, 0.25) is 0 Å². The zero-order valence-corrected chi connectivity index (χ0v) is 9.20. The largest absolute Gasteiger partial charge is 0.491 e. The van der Waals surface area contributed by atoms with E-state index in [1.807, 2.05) is 0 Å². The summed E-state index contributed by atoms with van der Waals surface area (Å²) < 4.78 is 18.4. The molecular formula is C9H9BrFNO3. The van der Waals surface area contributed by atoms with E-state index >= 15 is 0 Å². The van der Waals surface area contributed by atoms with Crippen molar-refractivity contribution in [3.05, 3.63) is 28.5 Å². The van der Waals surface area contributed by atoms with Crippen LogP contribution in [0.2, 0.25) is 0 Å². The smallest absolute Gasteiger partial charge is 0.324 e. The minimum Gasteiger partial charge on any atom is -0.491 e. The third-order valence-electron chi connectivity index (χ3n) is 1.58. The highest BCUT2D eigenvalue weighted by Gasteiger charge is 2.12. The van der Waals surface area contributed by atoms with Crippen LogP contribution < -0.4 is 10.5 Å². The van der Waals surface area contributed by atoms with E-state index in [9.17, 15) is 9.18 Å². The fourth-order valence-electron chi connectivity index (χ4n) is 0.869. The van der Waals surface area contributed by atoms with Gasteiger partial charge in [-0.25, -0.2) is 4.39 Å². The number of benzene rings is 1. The Kier molecular flexibility index (Phi) is 4.05. The number of aliphatic carboxylic acids is 1. The Hall–Kier alpha value is -1.14. The van der Waals surface area contributed by atoms with Crippen LogP contribution in [-0.2, 0) is 4.79 Å². The van der Waals surface area contributed by atoms with Gasteiger partial charge in [-0.2, -0.15) is 0 Å². The van der Waals surface area contributed by atoms with Crippen molar-refractivity contribution in [3.8, 4) is 5.75 Å². The maximum Gasteiger partial charge on any atom is 0.324 e. The summed E-state index contributed by atoms with van der Waals surface area (Å²) in [7, 11) is 0. The molecule has 0 spiro atoms. The first kappa shape index (κ1) is 11.9. The number of rotatable bonds is 4. The van der Waals surface area contributed by atoms with E-state index in [1.54, 1.807) is 0 Å². The molecule has 0 saturated heterocycles. The topological polar surface area (TPSA) is 72.5 Å². The minimum atomic E-state index is -1.16. The van der Waals surface area contributed by atoms with E-state index < -0.39 is 17.8 Å². The Bertz CT molecular complexity index is 352. The number of carbonyl (C=O) groups is 1. The van der Waals surface area contributed by atoms with Crippen molar-refractivity contribution < 1.29 is 19.0 Å². The van der Waals surface area contributed by atoms with E-state index in [2.05, 4.69) is 15.9 Å². The van der Waals surface area contributed by atoms with Crippen LogP contribution in [0.5, 0.6) is 5.75 Å². The number of carboxylic acid groups (broad SMARTS) is 1. The van der Waals surface area contributed by atoms with Crippen molar-refractivity contribution in [2.45, 2.75) is 6.04 Å². The molecule has 1 aromatic rings. The zero-order chi connectivity index (χ0) is 11.4. The molecule has 6 heteroatoms. The summed E-state index contributed by atoms with van der Waals surface area (Å²) in [5, 5.41) is 8.48. The van der Waals surface area contributed by atoms with Crippen molar-refractivity contribution in [2.24, 2.45) is 5.73 Å². The zero-order valence-electron chi connectivity index (χ0n) is 7.61. The van der Waals surface area contributed by atoms with Gasteiger partial charge in [-0.1, -0.05) is 15.9 Å². The Morgan fingerprint density at radius 2 is 2.27 bits per heavy atom. The highest BCUT2D eigenvalue weighted by Crippen LogP contribution is 2.20. The molecule has 0 aliphatic rings. The lowest BCUT2D eigenvalue weighted by Crippen LogP contribution is -2.36. The third-order valence-corrected chi connectivity index (χ3v) is 2.04. The molecular weight excluding hydrogens is 269 g/mol. The molecule has 0 aliphatic carbocycles. The third kappa shape index (κ3) is 3.85. The molecule has 0 amide bonds. The number of hydrogen-bond donors (Lipinski definition) is 2. The molecule has 1 unspecified atom stereocenters. The number of halogens is 2. The van der Waals surface area contributed by atoms with Crippen LogP contribution in [0.3, 0.4) is 0 Å². The second-order valence-electron chi connectivity index (χ2n) is 2.86. The molecule has 0 aromatic heterocycles. The first-order valence-corrected chi connectivity index (χ1v) is 4.85. The molecule has 0 saturated carbocycles. The summed E-state index contributed by atoms with van der Waals surface area (Å²) in [5.41, 5.74) is 5.21. The first-order chi connectivity index (χ1) is 6.99. The highest BCUT2D eigenvalue weighted by molar-refractivity contribution is 9.10. The molecule has 0 radical (unpaired) electrons. The molecule has 0 aliphatic heterocycles. The van der Waals surface area contributed by atoms with Crippen molar-refractivity contribution in [1.29, 1.82) is 0 Å². The lowest BCUT2D eigenvalue weighted by atomic mass is 10.3. The van der Waals surface area contributed by atoms with Gasteiger partial charge in [0.1, 0.15) is 24.2 Å². The SMILES string of the molecule is NC(COc1cc(F)cc(Br)c1)C(=O)O. The van der Waals surface area contributed by atoms with E-state index in [0.29, 0.717) is 4.47 Å². The Labute approximate surface area is 94.0 Å². The van der Waals surface area contributed by atoms with E-state index in [-0.39, 0.29) is 12.4 Å². The van der Waals surface area contributed by atoms with Gasteiger partial charge < -0.3 is 15.6 Å². The van der Waals surface area contributed by atoms with Crippen LogP contribution in [0.1, 0.15) is 0 Å². The van der Waals surface area contributed by atoms with Crippen molar-refractivity contribution >= 4 is 21.9 Å². The molecule has 15 heavy (non-hydrogen) atoms. The van der Waals surface area contributed by atoms with Crippen molar-refractivity contribution in [2.75, 3.05) is 6.61 Å². The summed E-state index contributed by atoms with van der Waals surface area (Å²) >= 11 is 3.08. The van der Waals surface area contributed by atoms with Crippen LogP contribution in [0.15, 0.2) is 22.7 Å². The molecule has 82 valence electrons. The number of hydrogen-bond acceptors (Lipinski definition) is 3. The Morgan fingerprint density at radius 3 is 2.80 bits per heavy atom. The van der Waals surface area contributed by atoms with Gasteiger partial charge in [0.15, 0.2) is 0 Å². The van der Waals surface area contributed by atoms with Crippen LogP contribution in [0, 0.1) is 5.82 Å². The standard InChI is InChI=1S/C9H9BrFNO3/c10-5-1-6(11)3-7(2-5)15-4-8(12)9(13)14/h1-3,8H,4,12H2,(H,13,14). The maximum absolute atomic E-state index is 12.9. The quantitative estimate of drug-likeness (QED) is 0.872. The van der Waals surface area contributed by atoms with Gasteiger partial charge in [0, 0.05) is 10.5 Å². The summed E-state index contributed by atoms with van der Waals surface area (Å²) in [5.74, 6) is -1.40. The van der Waals surface area contributed by atoms with Gasteiger partial charge in [-0.15, -0.1) is 0 Å². The van der Waals surface area contributed by atoms with Crippen LogP contribution in [0.25, 0.3) is 0 Å². The second-order valence-corrected chi connectivity index (χ2v) is 3.78. The van der Waals surface area contributed by atoms with Crippen LogP contribution in [0.4, 0.5) is 4.39 Å². The molecule has 0 heterocycles. The lowest BCUT2D eigenvalue weighted by Gasteiger charge is -2.09. The van der Waals surface area contributed by atoms with Crippen molar-refractivity contribution in [3.63, 3.8) is 0 Å². The van der Waals surface area contributed by atoms with E-state index in [4.69, 9.17) is 15.6 Å². The molecule has 1 rings (SSSR count). The molecule has 3 N–H and O–H groups in total. The number of nitrogens with two attached hydrogens (primary N) is 1. The summed E-state index contributed by atoms with van der Waals surface area (Å²) in [6, 6.07) is 2.83. The summed E-state index contributed by atoms with van der Waals surface area (Å²) in [4.78, 5) is 10.4. The predicted molar refractivity (Wildman–Crippen MR) is 55.2 cm³/mol. The molecule has 0 fully saturated rings. The fourth-order valence-corrected chi connectivity index (χ4v) is 1.31. The minimum absolute atomic E-state index is 0.203. The predicted octanol–water partition coefficient (Wildman–Crippen LogP) is 1.38. The average molecular weight is 278 g/mol. The Balaban J connectivity index is 2.61. The maximum atomic E-state index is 12.9. The van der Waals surface area contributed by atoms with Crippen LogP contribution in [-0.4, -0.2) is 23.7 Å². The first-order valence-electron chi connectivity index (χ1n) is 4.06. The normalized spacial score (nSPS) is 12.2. The van der Waals surface area contributed by atoms with Gasteiger partial charge in [0.05, 0.1) is 0 Å².